The standard InChI is InChI=1S/C14H23NO5S/c1-4-10-21(18,19)11(3)13(16)15-8-6-12(7-9-15)14(17)20-5-2/h4,11-12H,1,5-10H2,2-3H3. The Bertz CT molecular complexity index is 491. The smallest absolute Gasteiger partial charge is 0.309 e. The summed E-state index contributed by atoms with van der Waals surface area (Å²) >= 11 is 0. The van der Waals surface area contributed by atoms with E-state index in [0.717, 1.165) is 0 Å². The van der Waals surface area contributed by atoms with Gasteiger partial charge in [0.1, 0.15) is 5.25 Å². The van der Waals surface area contributed by atoms with Gasteiger partial charge in [-0.2, -0.15) is 0 Å². The molecule has 0 aromatic rings. The summed E-state index contributed by atoms with van der Waals surface area (Å²) in [6.07, 6.45) is 2.31. The fourth-order valence-corrected chi connectivity index (χ4v) is 3.39. The van der Waals surface area contributed by atoms with Gasteiger partial charge >= 0.3 is 5.97 Å². The van der Waals surface area contributed by atoms with Crippen LogP contribution < -0.4 is 0 Å². The molecule has 0 aliphatic carbocycles. The minimum absolute atomic E-state index is 0.200. The maximum absolute atomic E-state index is 12.2. The lowest BCUT2D eigenvalue weighted by atomic mass is 9.97. The van der Waals surface area contributed by atoms with E-state index in [1.165, 1.54) is 17.9 Å². The van der Waals surface area contributed by atoms with Gasteiger partial charge in [-0.25, -0.2) is 8.42 Å². The van der Waals surface area contributed by atoms with Crippen molar-refractivity contribution in [3.63, 3.8) is 0 Å². The zero-order chi connectivity index (χ0) is 16.0. The summed E-state index contributed by atoms with van der Waals surface area (Å²) in [6.45, 7) is 7.66. The number of rotatable bonds is 6. The molecule has 120 valence electrons. The normalized spacial score (nSPS) is 18.1. The van der Waals surface area contributed by atoms with E-state index < -0.39 is 21.0 Å². The Morgan fingerprint density at radius 2 is 1.95 bits per heavy atom. The van der Waals surface area contributed by atoms with Gasteiger partial charge in [0.2, 0.25) is 5.91 Å². The number of hydrogen-bond donors (Lipinski definition) is 0. The third-order valence-electron chi connectivity index (χ3n) is 3.66. The summed E-state index contributed by atoms with van der Waals surface area (Å²) < 4.78 is 28.7. The quantitative estimate of drug-likeness (QED) is 0.534. The monoisotopic (exact) mass is 317 g/mol. The number of amides is 1. The molecule has 0 radical (unpaired) electrons. The molecule has 1 aliphatic heterocycles. The number of carbonyl (C=O) groups is 2. The van der Waals surface area contributed by atoms with Crippen molar-refractivity contribution in [1.82, 2.24) is 4.90 Å². The van der Waals surface area contributed by atoms with Gasteiger partial charge < -0.3 is 9.64 Å². The van der Waals surface area contributed by atoms with Crippen molar-refractivity contribution in [2.24, 2.45) is 5.92 Å². The number of sulfone groups is 1. The van der Waals surface area contributed by atoms with E-state index in [2.05, 4.69) is 6.58 Å². The third-order valence-corrected chi connectivity index (χ3v) is 5.64. The van der Waals surface area contributed by atoms with Crippen LogP contribution in [0.25, 0.3) is 0 Å². The van der Waals surface area contributed by atoms with Crippen molar-refractivity contribution >= 4 is 21.7 Å². The predicted molar refractivity (Wildman–Crippen MR) is 79.4 cm³/mol. The van der Waals surface area contributed by atoms with Gasteiger partial charge in [-0.05, 0) is 26.7 Å². The highest BCUT2D eigenvalue weighted by Crippen LogP contribution is 2.20. The van der Waals surface area contributed by atoms with Crippen LogP contribution in [-0.2, 0) is 24.2 Å². The van der Waals surface area contributed by atoms with Gasteiger partial charge in [-0.1, -0.05) is 6.08 Å². The molecule has 1 aliphatic rings. The van der Waals surface area contributed by atoms with Gasteiger partial charge in [0.05, 0.1) is 18.3 Å². The zero-order valence-corrected chi connectivity index (χ0v) is 13.4. The number of esters is 1. The fraction of sp³-hybridized carbons (Fsp3) is 0.714. The summed E-state index contributed by atoms with van der Waals surface area (Å²) in [5.41, 5.74) is 0. The van der Waals surface area contributed by atoms with Crippen molar-refractivity contribution in [1.29, 1.82) is 0 Å². The Hall–Kier alpha value is -1.37. The van der Waals surface area contributed by atoms with Crippen LogP contribution in [0.1, 0.15) is 26.7 Å². The van der Waals surface area contributed by atoms with Crippen LogP contribution in [0.4, 0.5) is 0 Å². The van der Waals surface area contributed by atoms with Crippen LogP contribution >= 0.6 is 0 Å². The largest absolute Gasteiger partial charge is 0.466 e. The number of hydrogen-bond acceptors (Lipinski definition) is 5. The SMILES string of the molecule is C=CCS(=O)(=O)C(C)C(=O)N1CCC(C(=O)OCC)CC1. The van der Waals surface area contributed by atoms with Crippen LogP contribution in [0.5, 0.6) is 0 Å². The summed E-state index contributed by atoms with van der Waals surface area (Å²) in [4.78, 5) is 25.4. The lowest BCUT2D eigenvalue weighted by Gasteiger charge is -2.32. The molecule has 7 heteroatoms. The van der Waals surface area contributed by atoms with Gasteiger partial charge in [-0.15, -0.1) is 6.58 Å². The molecular formula is C14H23NO5S. The molecule has 1 saturated heterocycles. The number of piperidine rings is 1. The maximum Gasteiger partial charge on any atom is 0.309 e. The molecule has 1 unspecified atom stereocenters. The van der Waals surface area contributed by atoms with Crippen LogP contribution in [0, 0.1) is 5.92 Å². The van der Waals surface area contributed by atoms with E-state index in [4.69, 9.17) is 4.74 Å². The molecule has 0 bridgehead atoms. The van der Waals surface area contributed by atoms with Gasteiger partial charge in [0.15, 0.2) is 9.84 Å². The van der Waals surface area contributed by atoms with E-state index >= 15 is 0 Å². The van der Waals surface area contributed by atoms with Crippen molar-refractivity contribution in [2.45, 2.75) is 31.9 Å². The van der Waals surface area contributed by atoms with E-state index in [9.17, 15) is 18.0 Å². The van der Waals surface area contributed by atoms with Crippen LogP contribution in [0.3, 0.4) is 0 Å². The molecule has 21 heavy (non-hydrogen) atoms. The second-order valence-electron chi connectivity index (χ2n) is 5.11. The van der Waals surface area contributed by atoms with Gasteiger partial charge in [0.25, 0.3) is 0 Å². The molecule has 1 fully saturated rings. The first-order valence-corrected chi connectivity index (χ1v) is 8.83. The summed E-state index contributed by atoms with van der Waals surface area (Å²) in [6, 6.07) is 0. The molecular weight excluding hydrogens is 294 g/mol. The number of ether oxygens (including phenoxy) is 1. The zero-order valence-electron chi connectivity index (χ0n) is 12.6. The minimum Gasteiger partial charge on any atom is -0.466 e. The van der Waals surface area contributed by atoms with Crippen molar-refractivity contribution in [2.75, 3.05) is 25.4 Å². The Kier molecular flexibility index (Phi) is 6.39. The molecule has 6 nitrogen and oxygen atoms in total. The number of carbonyl (C=O) groups excluding carboxylic acids is 2. The molecule has 0 aromatic carbocycles. The Balaban J connectivity index is 2.60. The average Bonchev–Trinajstić information content (AvgIpc) is 2.46. The Morgan fingerprint density at radius 3 is 2.43 bits per heavy atom. The van der Waals surface area contributed by atoms with Gasteiger partial charge in [0, 0.05) is 13.1 Å². The first-order valence-electron chi connectivity index (χ1n) is 7.11. The lowest BCUT2D eigenvalue weighted by molar-refractivity contribution is -0.151. The second-order valence-corrected chi connectivity index (χ2v) is 7.48. The molecule has 1 amide bonds. The fourth-order valence-electron chi connectivity index (χ4n) is 2.32. The minimum atomic E-state index is -3.50. The molecule has 0 aromatic heterocycles. The highest BCUT2D eigenvalue weighted by Gasteiger charge is 2.34. The van der Waals surface area contributed by atoms with Crippen molar-refractivity contribution in [3.8, 4) is 0 Å². The predicted octanol–water partition coefficient (Wildman–Crippen LogP) is 0.777. The topological polar surface area (TPSA) is 80.8 Å². The molecule has 1 atom stereocenters. The summed E-state index contributed by atoms with van der Waals surface area (Å²) in [5.74, 6) is -1.05. The van der Waals surface area contributed by atoms with Crippen LogP contribution in [-0.4, -0.2) is 55.9 Å². The van der Waals surface area contributed by atoms with E-state index in [-0.39, 0.29) is 17.6 Å². The molecule has 0 N–H and O–H groups in total. The first kappa shape index (κ1) is 17.7. The summed E-state index contributed by atoms with van der Waals surface area (Å²) in [5, 5.41) is -1.07. The van der Waals surface area contributed by atoms with E-state index in [1.54, 1.807) is 6.92 Å². The lowest BCUT2D eigenvalue weighted by Crippen LogP contribution is -2.46. The number of likely N-dealkylation sites (tertiary alicyclic amines) is 1. The third kappa shape index (κ3) is 4.56. The Labute approximate surface area is 126 Å². The van der Waals surface area contributed by atoms with Crippen LogP contribution in [0.15, 0.2) is 12.7 Å². The molecule has 0 saturated carbocycles. The molecule has 0 spiro atoms. The highest BCUT2D eigenvalue weighted by molar-refractivity contribution is 7.92. The van der Waals surface area contributed by atoms with E-state index in [1.807, 2.05) is 0 Å². The highest BCUT2D eigenvalue weighted by atomic mass is 32.2. The second kappa shape index (κ2) is 7.59. The first-order chi connectivity index (χ1) is 9.83. The van der Waals surface area contributed by atoms with Crippen molar-refractivity contribution in [3.05, 3.63) is 12.7 Å². The van der Waals surface area contributed by atoms with Crippen molar-refractivity contribution < 1.29 is 22.7 Å². The van der Waals surface area contributed by atoms with Crippen LogP contribution in [0.2, 0.25) is 0 Å². The maximum atomic E-state index is 12.2. The summed E-state index contributed by atoms with van der Waals surface area (Å²) in [7, 11) is -3.50. The molecule has 1 heterocycles. The average molecular weight is 317 g/mol. The van der Waals surface area contributed by atoms with Gasteiger partial charge in [-0.3, -0.25) is 9.59 Å². The number of nitrogens with zero attached hydrogens (tertiary/aromatic N) is 1. The Morgan fingerprint density at radius 1 is 1.38 bits per heavy atom. The van der Waals surface area contributed by atoms with E-state index in [0.29, 0.717) is 32.5 Å². The molecule has 1 rings (SSSR count).